The fourth-order valence-corrected chi connectivity index (χ4v) is 4.24. The summed E-state index contributed by atoms with van der Waals surface area (Å²) in [6.45, 7) is 0.742. The van der Waals surface area contributed by atoms with Gasteiger partial charge in [0.05, 0.1) is 22.5 Å². The molecule has 4 rings (SSSR count). The molecule has 0 aliphatic carbocycles. The highest BCUT2D eigenvalue weighted by molar-refractivity contribution is 7.14. The van der Waals surface area contributed by atoms with Crippen LogP contribution in [0.2, 0.25) is 0 Å². The lowest BCUT2D eigenvalue weighted by atomic mass is 10.2. The van der Waals surface area contributed by atoms with Crippen LogP contribution in [0.15, 0.2) is 81.6 Å². The predicted octanol–water partition coefficient (Wildman–Crippen LogP) is 4.63. The van der Waals surface area contributed by atoms with Crippen LogP contribution in [0.4, 0.5) is 0 Å². The number of aromatic amines is 1. The van der Waals surface area contributed by atoms with Crippen molar-refractivity contribution in [1.82, 2.24) is 9.66 Å². The first-order chi connectivity index (χ1) is 12.9. The minimum Gasteiger partial charge on any atom is -0.360 e. The van der Waals surface area contributed by atoms with Crippen LogP contribution in [-0.2, 0) is 6.42 Å². The van der Waals surface area contributed by atoms with Crippen LogP contribution in [0.1, 0.15) is 11.3 Å². The molecule has 0 aliphatic heterocycles. The highest BCUT2D eigenvalue weighted by Crippen LogP contribution is 2.25. The summed E-state index contributed by atoms with van der Waals surface area (Å²) in [6, 6.07) is 18.6. The summed E-state index contributed by atoms with van der Waals surface area (Å²) in [5.74, 6) is 0. The lowest BCUT2D eigenvalue weighted by molar-refractivity contribution is 0.817. The number of benzene rings is 1. The number of nitrogens with zero attached hydrogens (tertiary/aromatic N) is 3. The largest absolute Gasteiger partial charge is 0.360 e. The highest BCUT2D eigenvalue weighted by Gasteiger charge is 2.08. The Bertz CT molecular complexity index is 1020. The lowest BCUT2D eigenvalue weighted by Gasteiger charge is -2.01. The monoisotopic (exact) mass is 378 g/mol. The molecule has 0 unspecified atom stereocenters. The van der Waals surface area contributed by atoms with Gasteiger partial charge in [0.2, 0.25) is 4.80 Å². The molecule has 4 aromatic rings. The second kappa shape index (κ2) is 8.12. The number of nitrogens with one attached hydrogen (secondary N) is 1. The van der Waals surface area contributed by atoms with Crippen LogP contribution in [0.5, 0.6) is 0 Å². The predicted molar refractivity (Wildman–Crippen MR) is 110 cm³/mol. The van der Waals surface area contributed by atoms with Gasteiger partial charge in [-0.3, -0.25) is 4.99 Å². The van der Waals surface area contributed by atoms with Crippen LogP contribution in [0.25, 0.3) is 10.6 Å². The number of hydrogen-bond donors (Lipinski definition) is 1. The fourth-order valence-electron chi connectivity index (χ4n) is 2.58. The zero-order chi connectivity index (χ0) is 17.6. The summed E-state index contributed by atoms with van der Waals surface area (Å²) in [5.41, 5.74) is 3.34. The number of thiazole rings is 1. The molecule has 26 heavy (non-hydrogen) atoms. The van der Waals surface area contributed by atoms with Crippen molar-refractivity contribution in [3.05, 3.63) is 87.6 Å². The summed E-state index contributed by atoms with van der Waals surface area (Å²) in [5, 5.41) is 8.88. The van der Waals surface area contributed by atoms with E-state index in [1.54, 1.807) is 22.7 Å². The number of aromatic nitrogens is 2. The van der Waals surface area contributed by atoms with E-state index < -0.39 is 0 Å². The van der Waals surface area contributed by atoms with E-state index in [0.717, 1.165) is 29.2 Å². The molecular formula is C20H18N4S2. The molecule has 1 N–H and O–H groups in total. The molecule has 130 valence electrons. The second-order valence-corrected chi connectivity index (χ2v) is 7.46. The number of thiophene rings is 1. The Kier molecular flexibility index (Phi) is 5.23. The van der Waals surface area contributed by atoms with Crippen LogP contribution < -0.4 is 4.80 Å². The lowest BCUT2D eigenvalue weighted by Crippen LogP contribution is -2.13. The minimum atomic E-state index is 0.742. The molecule has 3 aromatic heterocycles. The summed E-state index contributed by atoms with van der Waals surface area (Å²) >= 11 is 3.34. The van der Waals surface area contributed by atoms with E-state index in [4.69, 9.17) is 4.99 Å². The fraction of sp³-hybridized carbons (Fsp3) is 0.100. The van der Waals surface area contributed by atoms with Gasteiger partial charge in [0.25, 0.3) is 0 Å². The second-order valence-electron chi connectivity index (χ2n) is 5.68. The maximum absolute atomic E-state index is 4.79. The van der Waals surface area contributed by atoms with Crippen LogP contribution in [0.3, 0.4) is 0 Å². The first-order valence-electron chi connectivity index (χ1n) is 8.37. The van der Waals surface area contributed by atoms with Gasteiger partial charge >= 0.3 is 0 Å². The van der Waals surface area contributed by atoms with E-state index in [1.165, 1.54) is 10.4 Å². The van der Waals surface area contributed by atoms with Crippen molar-refractivity contribution in [3.63, 3.8) is 0 Å². The topological polar surface area (TPSA) is 45.4 Å². The van der Waals surface area contributed by atoms with Crippen molar-refractivity contribution in [2.45, 2.75) is 6.42 Å². The van der Waals surface area contributed by atoms with Crippen LogP contribution in [-0.4, -0.2) is 22.4 Å². The Morgan fingerprint density at radius 1 is 1.00 bits per heavy atom. The van der Waals surface area contributed by atoms with Crippen molar-refractivity contribution in [3.8, 4) is 10.6 Å². The molecule has 1 aromatic carbocycles. The minimum absolute atomic E-state index is 0.742. The molecule has 0 saturated heterocycles. The van der Waals surface area contributed by atoms with E-state index in [1.807, 2.05) is 35.3 Å². The Labute approximate surface area is 159 Å². The Morgan fingerprint density at radius 2 is 1.92 bits per heavy atom. The maximum Gasteiger partial charge on any atom is 0.206 e. The van der Waals surface area contributed by atoms with Crippen molar-refractivity contribution in [2.75, 3.05) is 6.54 Å². The highest BCUT2D eigenvalue weighted by atomic mass is 32.1. The van der Waals surface area contributed by atoms with Gasteiger partial charge in [0, 0.05) is 18.1 Å². The van der Waals surface area contributed by atoms with Gasteiger partial charge in [-0.15, -0.1) is 22.7 Å². The molecule has 0 fully saturated rings. The first kappa shape index (κ1) is 16.8. The van der Waals surface area contributed by atoms with E-state index in [9.17, 15) is 0 Å². The third kappa shape index (κ3) is 3.92. The van der Waals surface area contributed by atoms with Gasteiger partial charge in [-0.25, -0.2) is 4.68 Å². The van der Waals surface area contributed by atoms with E-state index in [0.29, 0.717) is 0 Å². The number of hydrogen-bond acceptors (Lipinski definition) is 4. The molecule has 0 amide bonds. The van der Waals surface area contributed by atoms with Gasteiger partial charge in [0.15, 0.2) is 0 Å². The molecule has 0 radical (unpaired) electrons. The molecule has 6 heteroatoms. The van der Waals surface area contributed by atoms with Crippen LogP contribution >= 0.6 is 22.7 Å². The average molecular weight is 379 g/mol. The van der Waals surface area contributed by atoms with Crippen molar-refractivity contribution in [1.29, 1.82) is 0 Å². The zero-order valence-electron chi connectivity index (χ0n) is 14.1. The van der Waals surface area contributed by atoms with E-state index in [2.05, 4.69) is 57.2 Å². The molecule has 3 heterocycles. The third-order valence-corrected chi connectivity index (χ3v) is 5.63. The molecule has 0 atom stereocenters. The summed E-state index contributed by atoms with van der Waals surface area (Å²) < 4.78 is 1.93. The molecule has 0 bridgehead atoms. The average Bonchev–Trinajstić information content (AvgIpc) is 3.42. The van der Waals surface area contributed by atoms with Gasteiger partial charge in [-0.05, 0) is 35.6 Å². The summed E-state index contributed by atoms with van der Waals surface area (Å²) in [4.78, 5) is 10.0. The summed E-state index contributed by atoms with van der Waals surface area (Å²) in [6.07, 6.45) is 4.65. The normalized spacial score (nSPS) is 12.2. The van der Waals surface area contributed by atoms with Gasteiger partial charge < -0.3 is 4.98 Å². The van der Waals surface area contributed by atoms with E-state index >= 15 is 0 Å². The zero-order valence-corrected chi connectivity index (χ0v) is 15.7. The van der Waals surface area contributed by atoms with Crippen LogP contribution in [0, 0.1) is 0 Å². The van der Waals surface area contributed by atoms with Crippen molar-refractivity contribution < 1.29 is 0 Å². The standard InChI is InChI=1S/C20H18N4S2/c1-2-6-16(7-3-1)10-12-22-20-24(23-14-17-8-4-11-21-17)18(15-26-20)19-9-5-13-25-19/h1-9,11,13-15,21H,10,12H2. The van der Waals surface area contributed by atoms with Gasteiger partial charge in [-0.2, -0.15) is 5.10 Å². The van der Waals surface area contributed by atoms with Gasteiger partial charge in [0.1, 0.15) is 0 Å². The Balaban J connectivity index is 1.64. The van der Waals surface area contributed by atoms with Crippen molar-refractivity contribution in [2.24, 2.45) is 10.1 Å². The van der Waals surface area contributed by atoms with Gasteiger partial charge in [-0.1, -0.05) is 36.4 Å². The molecule has 0 aliphatic rings. The molecule has 0 saturated carbocycles. The third-order valence-electron chi connectivity index (χ3n) is 3.88. The SMILES string of the molecule is C(=Nn1c(-c2cccs2)csc1=NCCc1ccccc1)c1ccc[nH]1. The number of rotatable bonds is 6. The van der Waals surface area contributed by atoms with E-state index in [-0.39, 0.29) is 0 Å². The van der Waals surface area contributed by atoms with Crippen molar-refractivity contribution >= 4 is 28.9 Å². The quantitative estimate of drug-likeness (QED) is 0.476. The first-order valence-corrected chi connectivity index (χ1v) is 10.1. The molecular weight excluding hydrogens is 360 g/mol. The molecule has 4 nitrogen and oxygen atoms in total. The Hall–Kier alpha value is -2.70. The summed E-state index contributed by atoms with van der Waals surface area (Å²) in [7, 11) is 0. The smallest absolute Gasteiger partial charge is 0.206 e. The maximum atomic E-state index is 4.79. The number of H-pyrrole nitrogens is 1. The molecule has 0 spiro atoms. The Morgan fingerprint density at radius 3 is 2.69 bits per heavy atom.